The van der Waals surface area contributed by atoms with E-state index in [4.69, 9.17) is 27.9 Å². The number of amides is 3. The van der Waals surface area contributed by atoms with E-state index < -0.39 is 0 Å². The largest absolute Gasteiger partial charge is 0.381 e. The number of nitrogens with one attached hydrogen (secondary N) is 1. The van der Waals surface area contributed by atoms with E-state index in [1.165, 1.54) is 24.2 Å². The molecule has 48 heavy (non-hydrogen) atoms. The van der Waals surface area contributed by atoms with E-state index in [0.29, 0.717) is 36.0 Å². The molecule has 1 saturated carbocycles. The number of hydrogen-bond donors (Lipinski definition) is 1. The molecule has 0 radical (unpaired) electrons. The first-order valence-corrected chi connectivity index (χ1v) is 20.0. The third-order valence-electron chi connectivity index (χ3n) is 9.95. The standard InChI is InChI=1S/C37H58Cl2N4O4S/c1-37(2,3)17-25-47-24-8-26-48-32-27-34(45)43(36(32)46)18-6-4-5-11-33(44)40-29-14-12-28(13-15-29)16-19-41-20-22-42(23-21-41)31-10-7-9-30(38)35(31)39/h7,9-10,28-29,32H,4-6,8,11-27H2,1-3H3,(H,40,44). The van der Waals surface area contributed by atoms with E-state index >= 15 is 0 Å². The molecule has 0 spiro atoms. The van der Waals surface area contributed by atoms with Crippen LogP contribution in [0.4, 0.5) is 5.69 Å². The topological polar surface area (TPSA) is 82.2 Å². The molecule has 1 unspecified atom stereocenters. The summed E-state index contributed by atoms with van der Waals surface area (Å²) in [5.74, 6) is 1.57. The molecule has 8 nitrogen and oxygen atoms in total. The predicted molar refractivity (Wildman–Crippen MR) is 199 cm³/mol. The number of ether oxygens (including phenoxy) is 1. The van der Waals surface area contributed by atoms with Crippen LogP contribution in [0.3, 0.4) is 0 Å². The number of imide groups is 1. The van der Waals surface area contributed by atoms with Gasteiger partial charge in [0.2, 0.25) is 17.7 Å². The van der Waals surface area contributed by atoms with Gasteiger partial charge in [-0.05, 0) is 93.6 Å². The number of nitrogens with zero attached hydrogens (tertiary/aromatic N) is 3. The van der Waals surface area contributed by atoms with Crippen molar-refractivity contribution >= 4 is 58.4 Å². The number of unbranched alkanes of at least 4 members (excludes halogenated alkanes) is 2. The Hall–Kier alpha value is -1.52. The maximum Gasteiger partial charge on any atom is 0.242 e. The second kappa shape index (κ2) is 19.8. The normalized spacial score (nSPS) is 22.5. The van der Waals surface area contributed by atoms with Crippen molar-refractivity contribution in [3.63, 3.8) is 0 Å². The molecular formula is C37H58Cl2N4O4S. The molecule has 270 valence electrons. The summed E-state index contributed by atoms with van der Waals surface area (Å²) in [6.45, 7) is 13.6. The third-order valence-corrected chi connectivity index (χ3v) is 12.1. The van der Waals surface area contributed by atoms with Gasteiger partial charge in [-0.1, -0.05) is 56.5 Å². The van der Waals surface area contributed by atoms with Crippen LogP contribution in [0.15, 0.2) is 18.2 Å². The number of carbonyl (C=O) groups excluding carboxylic acids is 3. The van der Waals surface area contributed by atoms with E-state index in [-0.39, 0.29) is 34.4 Å². The van der Waals surface area contributed by atoms with Crippen LogP contribution in [0.1, 0.15) is 97.8 Å². The summed E-state index contributed by atoms with van der Waals surface area (Å²) < 4.78 is 5.72. The fourth-order valence-electron chi connectivity index (χ4n) is 6.83. The Kier molecular flexibility index (Phi) is 16.2. The van der Waals surface area contributed by atoms with Crippen molar-refractivity contribution < 1.29 is 19.1 Å². The Morgan fingerprint density at radius 1 is 0.958 bits per heavy atom. The van der Waals surface area contributed by atoms with Gasteiger partial charge in [-0.15, -0.1) is 11.8 Å². The monoisotopic (exact) mass is 724 g/mol. The Morgan fingerprint density at radius 3 is 2.44 bits per heavy atom. The van der Waals surface area contributed by atoms with Crippen LogP contribution >= 0.6 is 35.0 Å². The van der Waals surface area contributed by atoms with E-state index in [1.807, 2.05) is 18.2 Å². The first-order chi connectivity index (χ1) is 23.0. The lowest BCUT2D eigenvalue weighted by Crippen LogP contribution is -2.47. The highest BCUT2D eigenvalue weighted by Crippen LogP contribution is 2.33. The molecule has 4 rings (SSSR count). The molecule has 1 N–H and O–H groups in total. The van der Waals surface area contributed by atoms with Crippen LogP contribution in [0.5, 0.6) is 0 Å². The Bertz CT molecular complexity index is 1180. The predicted octanol–water partition coefficient (Wildman–Crippen LogP) is 7.44. The quantitative estimate of drug-likeness (QED) is 0.125. The highest BCUT2D eigenvalue weighted by Gasteiger charge is 2.38. The van der Waals surface area contributed by atoms with Gasteiger partial charge in [0.25, 0.3) is 0 Å². The zero-order chi connectivity index (χ0) is 34.5. The Morgan fingerprint density at radius 2 is 1.71 bits per heavy atom. The first kappa shape index (κ1) is 39.3. The zero-order valence-corrected chi connectivity index (χ0v) is 31.8. The van der Waals surface area contributed by atoms with E-state index in [1.54, 1.807) is 11.8 Å². The van der Waals surface area contributed by atoms with E-state index in [2.05, 4.69) is 35.9 Å². The van der Waals surface area contributed by atoms with Crippen LogP contribution in [0, 0.1) is 11.3 Å². The second-order valence-electron chi connectivity index (χ2n) is 15.0. The highest BCUT2D eigenvalue weighted by molar-refractivity contribution is 8.00. The molecule has 1 aliphatic carbocycles. The number of piperazine rings is 1. The molecule has 1 aromatic rings. The van der Waals surface area contributed by atoms with Crippen molar-refractivity contribution in [3.05, 3.63) is 28.2 Å². The molecule has 2 aliphatic heterocycles. The maximum absolute atomic E-state index is 12.8. The summed E-state index contributed by atoms with van der Waals surface area (Å²) in [5.41, 5.74) is 1.30. The first-order valence-electron chi connectivity index (χ1n) is 18.2. The summed E-state index contributed by atoms with van der Waals surface area (Å²) in [6, 6.07) is 6.12. The Labute approximate surface area is 303 Å². The maximum atomic E-state index is 12.8. The van der Waals surface area contributed by atoms with Gasteiger partial charge in [0.05, 0.1) is 21.0 Å². The smallest absolute Gasteiger partial charge is 0.242 e. The molecule has 11 heteroatoms. The van der Waals surface area contributed by atoms with E-state index in [9.17, 15) is 14.4 Å². The number of benzene rings is 1. The molecule has 3 fully saturated rings. The van der Waals surface area contributed by atoms with E-state index in [0.717, 1.165) is 102 Å². The van der Waals surface area contributed by atoms with Gasteiger partial charge in [0, 0.05) is 64.8 Å². The molecule has 2 saturated heterocycles. The van der Waals surface area contributed by atoms with Gasteiger partial charge in [-0.25, -0.2) is 0 Å². The lowest BCUT2D eigenvalue weighted by atomic mass is 9.84. The van der Waals surface area contributed by atoms with Crippen molar-refractivity contribution in [1.82, 2.24) is 15.1 Å². The minimum absolute atomic E-state index is 0.0475. The fourth-order valence-corrected chi connectivity index (χ4v) is 8.34. The van der Waals surface area contributed by atoms with Gasteiger partial charge < -0.3 is 15.0 Å². The van der Waals surface area contributed by atoms with Crippen molar-refractivity contribution in [2.45, 2.75) is 109 Å². The van der Waals surface area contributed by atoms with Crippen molar-refractivity contribution in [1.29, 1.82) is 0 Å². The Balaban J connectivity index is 0.992. The van der Waals surface area contributed by atoms with Gasteiger partial charge in [-0.3, -0.25) is 24.2 Å². The van der Waals surface area contributed by atoms with Crippen LogP contribution < -0.4 is 10.2 Å². The molecule has 1 atom stereocenters. The number of rotatable bonds is 18. The number of thioether (sulfide) groups is 1. The number of hydrogen-bond acceptors (Lipinski definition) is 7. The second-order valence-corrected chi connectivity index (χ2v) is 17.1. The SMILES string of the molecule is CC(C)(C)CCOCCCSC1CC(=O)N(CCCCCC(=O)NC2CCC(CCN3CCN(c4cccc(Cl)c4Cl)CC3)CC2)C1=O. The number of carbonyl (C=O) groups is 3. The van der Waals surface area contributed by atoms with Crippen LogP contribution in [-0.4, -0.2) is 97.0 Å². The minimum atomic E-state index is -0.260. The summed E-state index contributed by atoms with van der Waals surface area (Å²) in [5, 5.41) is 4.26. The van der Waals surface area contributed by atoms with Crippen LogP contribution in [0.25, 0.3) is 0 Å². The van der Waals surface area contributed by atoms with Crippen molar-refractivity contribution in [2.75, 3.05) is 63.1 Å². The lowest BCUT2D eigenvalue weighted by Gasteiger charge is -2.37. The molecule has 3 aliphatic rings. The summed E-state index contributed by atoms with van der Waals surface area (Å²) >= 11 is 14.2. The third kappa shape index (κ3) is 13.0. The molecular weight excluding hydrogens is 667 g/mol. The fraction of sp³-hybridized carbons (Fsp3) is 0.757. The molecule has 0 aromatic heterocycles. The van der Waals surface area contributed by atoms with Crippen molar-refractivity contribution in [2.24, 2.45) is 11.3 Å². The molecule has 1 aromatic carbocycles. The lowest BCUT2D eigenvalue weighted by molar-refractivity contribution is -0.138. The van der Waals surface area contributed by atoms with Crippen molar-refractivity contribution in [3.8, 4) is 0 Å². The van der Waals surface area contributed by atoms with Crippen LogP contribution in [0.2, 0.25) is 10.0 Å². The van der Waals surface area contributed by atoms with Gasteiger partial charge in [0.15, 0.2) is 0 Å². The highest BCUT2D eigenvalue weighted by atomic mass is 35.5. The number of halogens is 2. The zero-order valence-electron chi connectivity index (χ0n) is 29.5. The molecule has 0 bridgehead atoms. The average Bonchev–Trinajstić information content (AvgIpc) is 3.32. The average molecular weight is 726 g/mol. The number of likely N-dealkylation sites (tertiary alicyclic amines) is 1. The van der Waals surface area contributed by atoms with Gasteiger partial charge >= 0.3 is 0 Å². The summed E-state index contributed by atoms with van der Waals surface area (Å²) in [4.78, 5) is 44.2. The van der Waals surface area contributed by atoms with Gasteiger partial charge in [0.1, 0.15) is 0 Å². The van der Waals surface area contributed by atoms with Gasteiger partial charge in [-0.2, -0.15) is 0 Å². The summed E-state index contributed by atoms with van der Waals surface area (Å²) in [7, 11) is 0. The summed E-state index contributed by atoms with van der Waals surface area (Å²) in [6.07, 6.45) is 10.8. The number of anilines is 1. The van der Waals surface area contributed by atoms with Crippen LogP contribution in [-0.2, 0) is 19.1 Å². The molecule has 3 amide bonds. The minimum Gasteiger partial charge on any atom is -0.381 e. The molecule has 2 heterocycles.